The van der Waals surface area contributed by atoms with E-state index in [9.17, 15) is 0 Å². The molecule has 1 atom stereocenters. The van der Waals surface area contributed by atoms with Crippen molar-refractivity contribution < 1.29 is 25.8 Å². The Bertz CT molecular complexity index is 1660. The van der Waals surface area contributed by atoms with Crippen molar-refractivity contribution in [3.05, 3.63) is 151 Å². The Hall–Kier alpha value is -3.36. The van der Waals surface area contributed by atoms with Crippen LogP contribution in [0.1, 0.15) is 84.8 Å². The van der Waals surface area contributed by atoms with Crippen molar-refractivity contribution in [3.63, 3.8) is 0 Å². The summed E-state index contributed by atoms with van der Waals surface area (Å²) in [6.45, 7) is 15.6. The van der Waals surface area contributed by atoms with Gasteiger partial charge in [-0.3, -0.25) is 0 Å². The molecule has 0 bridgehead atoms. The van der Waals surface area contributed by atoms with Crippen molar-refractivity contribution in [2.45, 2.75) is 66.3 Å². The average molecular weight is 851 g/mol. The third-order valence-electron chi connectivity index (χ3n) is 8.08. The topological polar surface area (TPSA) is 74.2 Å². The number of hydrogen-bond acceptors (Lipinski definition) is 1. The van der Waals surface area contributed by atoms with Gasteiger partial charge in [0.05, 0.1) is 17.2 Å². The van der Waals surface area contributed by atoms with Crippen LogP contribution in [0.4, 0.5) is 5.69 Å². The van der Waals surface area contributed by atoms with Gasteiger partial charge in [0.25, 0.3) is 0 Å². The Morgan fingerprint density at radius 3 is 1.41 bits per heavy atom. The van der Waals surface area contributed by atoms with Crippen LogP contribution in [0.5, 0.6) is 0 Å². The molecule has 0 saturated heterocycles. The molecule has 0 aliphatic carbocycles. The zero-order chi connectivity index (χ0) is 37.4. The van der Waals surface area contributed by atoms with E-state index < -0.39 is 0 Å². The molecular formula is C44H60HfN6-4. The van der Waals surface area contributed by atoms with Gasteiger partial charge in [-0.05, 0) is 55.3 Å². The first-order valence-corrected chi connectivity index (χ1v) is 17.4. The second kappa shape index (κ2) is 23.3. The monoisotopic (exact) mass is 852 g/mol. The number of hydrogen-bond donors (Lipinski definition) is 0. The molecule has 0 saturated carbocycles. The van der Waals surface area contributed by atoms with Crippen LogP contribution in [0.2, 0.25) is 0 Å². The Balaban J connectivity index is 0.00000118. The minimum Gasteiger partial charge on any atom is -0.671 e. The second-order valence-corrected chi connectivity index (χ2v) is 13.2. The molecule has 0 N–H and O–H groups in total. The predicted octanol–water partition coefficient (Wildman–Crippen LogP) is 12.6. The van der Waals surface area contributed by atoms with Gasteiger partial charge in [0.15, 0.2) is 0 Å². The summed E-state index contributed by atoms with van der Waals surface area (Å²) in [5, 5.41) is 16.2. The summed E-state index contributed by atoms with van der Waals surface area (Å²) in [6, 6.07) is 32.1. The number of rotatable bonds is 8. The maximum Gasteiger partial charge on any atom is 0.0989 e. The van der Waals surface area contributed by atoms with Crippen LogP contribution >= 0.6 is 0 Å². The van der Waals surface area contributed by atoms with E-state index in [0.29, 0.717) is 11.8 Å². The molecule has 0 aliphatic heterocycles. The average Bonchev–Trinajstić information content (AvgIpc) is 3.42. The normalized spacial score (nSPS) is 10.9. The van der Waals surface area contributed by atoms with Crippen molar-refractivity contribution in [1.82, 2.24) is 9.55 Å². The van der Waals surface area contributed by atoms with Gasteiger partial charge >= 0.3 is 0 Å². The van der Waals surface area contributed by atoms with Crippen LogP contribution in [0.25, 0.3) is 43.8 Å². The zero-order valence-corrected chi connectivity index (χ0v) is 37.2. The van der Waals surface area contributed by atoms with E-state index in [0.717, 1.165) is 34.0 Å². The van der Waals surface area contributed by atoms with Crippen LogP contribution < -0.4 is 0 Å². The van der Waals surface area contributed by atoms with Gasteiger partial charge in [-0.2, -0.15) is 42.3 Å². The van der Waals surface area contributed by atoms with Crippen LogP contribution in [-0.2, 0) is 32.9 Å². The summed E-state index contributed by atoms with van der Waals surface area (Å²) in [5.74, 6) is 1.66. The van der Waals surface area contributed by atoms with Crippen LogP contribution in [0.3, 0.4) is 0 Å². The van der Waals surface area contributed by atoms with E-state index in [1.807, 2.05) is 0 Å². The van der Waals surface area contributed by atoms with Gasteiger partial charge in [-0.25, -0.2) is 4.98 Å². The number of para-hydroxylation sites is 1. The number of aryl methyl sites for hydroxylation is 3. The summed E-state index contributed by atoms with van der Waals surface area (Å²) in [5.41, 5.74) is 13.0. The Morgan fingerprint density at radius 1 is 0.588 bits per heavy atom. The Labute approximate surface area is 329 Å². The largest absolute Gasteiger partial charge is 0.671 e. The fourth-order valence-electron chi connectivity index (χ4n) is 6.15. The molecule has 0 aliphatic rings. The third-order valence-corrected chi connectivity index (χ3v) is 8.08. The first-order chi connectivity index (χ1) is 23.9. The van der Waals surface area contributed by atoms with Gasteiger partial charge in [0.2, 0.25) is 0 Å². The molecule has 5 rings (SSSR count). The molecule has 7 heteroatoms. The summed E-state index contributed by atoms with van der Waals surface area (Å²) in [6.07, 6.45) is 0. The van der Waals surface area contributed by atoms with E-state index in [2.05, 4.69) is 167 Å². The minimum absolute atomic E-state index is 0. The molecule has 1 unspecified atom stereocenters. The first-order valence-electron chi connectivity index (χ1n) is 17.4. The van der Waals surface area contributed by atoms with E-state index in [1.165, 1.54) is 33.4 Å². The van der Waals surface area contributed by atoms with E-state index in [4.69, 9.17) is 10.3 Å². The SMILES string of the molecule is C[N-]C.C[N-]C.C[N-]C.Cc1cc(C)c(C([N-]c2c(C(C)C)cccc2C(C)C)c2nc(-c3ccccc3)c(-c3ccccc3)n2C)c(C)c1.[Hf]. The Kier molecular flexibility index (Phi) is 20.8. The van der Waals surface area contributed by atoms with Crippen LogP contribution in [0, 0.1) is 20.8 Å². The zero-order valence-electron chi connectivity index (χ0n) is 33.6. The van der Waals surface area contributed by atoms with E-state index >= 15 is 0 Å². The molecule has 1 heterocycles. The van der Waals surface area contributed by atoms with Gasteiger partial charge in [0.1, 0.15) is 0 Å². The number of nitrogens with zero attached hydrogens (tertiary/aromatic N) is 6. The van der Waals surface area contributed by atoms with Crippen molar-refractivity contribution in [2.24, 2.45) is 7.05 Å². The second-order valence-electron chi connectivity index (χ2n) is 13.2. The summed E-state index contributed by atoms with van der Waals surface area (Å²) in [7, 11) is 12.6. The van der Waals surface area contributed by atoms with Crippen molar-refractivity contribution >= 4 is 5.69 Å². The summed E-state index contributed by atoms with van der Waals surface area (Å²) in [4.78, 5) is 5.45. The summed E-state index contributed by atoms with van der Waals surface area (Å²) < 4.78 is 2.28. The molecule has 5 aromatic rings. The quantitative estimate of drug-likeness (QED) is 0.143. The van der Waals surface area contributed by atoms with Gasteiger partial charge < -0.3 is 25.8 Å². The van der Waals surface area contributed by atoms with Crippen LogP contribution in [-0.4, -0.2) is 51.8 Å². The number of imidazole rings is 1. The van der Waals surface area contributed by atoms with E-state index in [-0.39, 0.29) is 31.9 Å². The van der Waals surface area contributed by atoms with Crippen LogP contribution in [0.15, 0.2) is 91.0 Å². The molecule has 274 valence electrons. The standard InChI is InChI=1S/C38H42N3.3C2H6N.Hf/c1-24(2)31-20-15-21-32(25(3)4)35(31)39-36(33-27(6)22-26(5)23-28(33)7)38-40-34(29-16-11-9-12-17-29)37(41(38)8)30-18-13-10-14-19-30;3*1-3-2;/h9-25,36H,1-8H3;3*1-2H3;/q4*-1;. The molecule has 0 radical (unpaired) electrons. The number of benzene rings is 4. The predicted molar refractivity (Wildman–Crippen MR) is 220 cm³/mol. The van der Waals surface area contributed by atoms with Crippen molar-refractivity contribution in [1.29, 1.82) is 0 Å². The first kappa shape index (κ1) is 45.7. The molecule has 0 amide bonds. The smallest absolute Gasteiger partial charge is 0.0989 e. The molecule has 6 nitrogen and oxygen atoms in total. The molecule has 1 aromatic heterocycles. The summed E-state index contributed by atoms with van der Waals surface area (Å²) >= 11 is 0. The van der Waals surface area contributed by atoms with Gasteiger partial charge in [-0.1, -0.05) is 135 Å². The molecular weight excluding hydrogens is 791 g/mol. The van der Waals surface area contributed by atoms with Gasteiger partial charge in [-0.15, -0.1) is 5.69 Å². The van der Waals surface area contributed by atoms with Crippen molar-refractivity contribution in [3.8, 4) is 22.5 Å². The fraction of sp³-hybridized carbons (Fsp3) is 0.386. The minimum atomic E-state index is -0.266. The van der Waals surface area contributed by atoms with Crippen molar-refractivity contribution in [2.75, 3.05) is 42.3 Å². The maximum absolute atomic E-state index is 5.71. The van der Waals surface area contributed by atoms with E-state index in [1.54, 1.807) is 42.3 Å². The molecule has 0 fully saturated rings. The number of aromatic nitrogens is 2. The molecule has 0 spiro atoms. The maximum atomic E-state index is 5.71. The fourth-order valence-corrected chi connectivity index (χ4v) is 6.15. The van der Waals surface area contributed by atoms with Gasteiger partial charge in [0, 0.05) is 44.0 Å². The Morgan fingerprint density at radius 2 is 1.00 bits per heavy atom. The molecule has 4 aromatic carbocycles. The molecule has 51 heavy (non-hydrogen) atoms. The third kappa shape index (κ3) is 12.4.